The molecule has 0 radical (unpaired) electrons. The minimum Gasteiger partial charge on any atom is -0.325 e. The fourth-order valence-corrected chi connectivity index (χ4v) is 5.25. The Morgan fingerprint density at radius 2 is 1.76 bits per heavy atom. The van der Waals surface area contributed by atoms with Crippen LogP contribution in [0.2, 0.25) is 0 Å². The molecule has 0 aliphatic carbocycles. The van der Waals surface area contributed by atoms with Gasteiger partial charge in [-0.2, -0.15) is 4.31 Å². The summed E-state index contributed by atoms with van der Waals surface area (Å²) in [6.07, 6.45) is 0.810. The molecule has 5 nitrogen and oxygen atoms in total. The molecule has 2 aromatic rings. The van der Waals surface area contributed by atoms with Crippen molar-refractivity contribution in [2.45, 2.75) is 44.4 Å². The largest absolute Gasteiger partial charge is 0.325 e. The van der Waals surface area contributed by atoms with Crippen molar-refractivity contribution in [3.8, 4) is 0 Å². The minimum absolute atomic E-state index is 0.0934. The summed E-state index contributed by atoms with van der Waals surface area (Å²) in [5.41, 5.74) is 2.93. The molecule has 0 atom stereocenters. The molecule has 156 valence electrons. The molecule has 0 aromatic heterocycles. The summed E-state index contributed by atoms with van der Waals surface area (Å²) in [7, 11) is -3.90. The zero-order chi connectivity index (χ0) is 21.2. The Kier molecular flexibility index (Phi) is 6.39. The quantitative estimate of drug-likeness (QED) is 0.787. The molecule has 1 aliphatic rings. The predicted octanol–water partition coefficient (Wildman–Crippen LogP) is 4.30. The lowest BCUT2D eigenvalue weighted by molar-refractivity contribution is -0.120. The van der Waals surface area contributed by atoms with Gasteiger partial charge in [0.05, 0.1) is 0 Å². The van der Waals surface area contributed by atoms with Crippen LogP contribution in [0.3, 0.4) is 0 Å². The number of aryl methyl sites for hydroxylation is 1. The Morgan fingerprint density at radius 1 is 1.10 bits per heavy atom. The zero-order valence-corrected chi connectivity index (χ0v) is 17.8. The number of piperidine rings is 1. The number of benzene rings is 2. The van der Waals surface area contributed by atoms with Crippen molar-refractivity contribution in [3.05, 3.63) is 59.4 Å². The summed E-state index contributed by atoms with van der Waals surface area (Å²) in [6.45, 7) is 6.51. The van der Waals surface area contributed by atoms with Crippen LogP contribution in [0.1, 0.15) is 43.7 Å². The maximum atomic E-state index is 14.0. The number of hydrogen-bond donors (Lipinski definition) is 1. The number of rotatable bonds is 5. The number of halogens is 1. The van der Waals surface area contributed by atoms with Crippen LogP contribution in [-0.2, 0) is 14.8 Å². The van der Waals surface area contributed by atoms with Crippen molar-refractivity contribution in [3.63, 3.8) is 0 Å². The fraction of sp³-hybridized carbons (Fsp3) is 0.409. The van der Waals surface area contributed by atoms with Crippen LogP contribution < -0.4 is 5.32 Å². The van der Waals surface area contributed by atoms with Gasteiger partial charge in [0, 0.05) is 24.7 Å². The lowest BCUT2D eigenvalue weighted by atomic mass is 9.95. The third kappa shape index (κ3) is 4.51. The Labute approximate surface area is 172 Å². The average molecular weight is 419 g/mol. The Bertz CT molecular complexity index is 997. The summed E-state index contributed by atoms with van der Waals surface area (Å²) in [5.74, 6) is -0.850. The Balaban J connectivity index is 1.69. The van der Waals surface area contributed by atoms with Gasteiger partial charge in [-0.3, -0.25) is 4.79 Å². The van der Waals surface area contributed by atoms with Crippen molar-refractivity contribution in [2.75, 3.05) is 18.4 Å². The first kappa shape index (κ1) is 21.5. The maximum Gasteiger partial charge on any atom is 0.245 e. The van der Waals surface area contributed by atoms with Gasteiger partial charge >= 0.3 is 0 Å². The van der Waals surface area contributed by atoms with Gasteiger partial charge < -0.3 is 5.32 Å². The molecule has 2 aromatic carbocycles. The highest BCUT2D eigenvalue weighted by atomic mass is 32.2. The lowest BCUT2D eigenvalue weighted by Gasteiger charge is -2.31. The Hall–Kier alpha value is -2.25. The van der Waals surface area contributed by atoms with Crippen molar-refractivity contribution >= 4 is 21.6 Å². The first-order chi connectivity index (χ1) is 13.7. The van der Waals surface area contributed by atoms with Gasteiger partial charge in [-0.25, -0.2) is 12.8 Å². The van der Waals surface area contributed by atoms with E-state index in [4.69, 9.17) is 0 Å². The second-order valence-electron chi connectivity index (χ2n) is 7.79. The molecule has 1 fully saturated rings. The molecule has 1 amide bonds. The SMILES string of the molecule is Cc1cccc(C(C)C)c1NC(=O)C1CCN(S(=O)(=O)c2ccccc2F)CC1. The summed E-state index contributed by atoms with van der Waals surface area (Å²) in [4.78, 5) is 12.5. The number of carbonyl (C=O) groups is 1. The van der Waals surface area contributed by atoms with Crippen LogP contribution in [-0.4, -0.2) is 31.7 Å². The summed E-state index contributed by atoms with van der Waals surface area (Å²) < 4.78 is 40.7. The van der Waals surface area contributed by atoms with E-state index < -0.39 is 15.8 Å². The van der Waals surface area contributed by atoms with Crippen LogP contribution in [0.15, 0.2) is 47.4 Å². The molecule has 1 saturated heterocycles. The lowest BCUT2D eigenvalue weighted by Crippen LogP contribution is -2.41. The second kappa shape index (κ2) is 8.63. The van der Waals surface area contributed by atoms with Crippen molar-refractivity contribution in [2.24, 2.45) is 5.92 Å². The van der Waals surface area contributed by atoms with Gasteiger partial charge in [0.25, 0.3) is 0 Å². The van der Waals surface area contributed by atoms with E-state index >= 15 is 0 Å². The molecular formula is C22H27FN2O3S. The monoisotopic (exact) mass is 418 g/mol. The number of hydrogen-bond acceptors (Lipinski definition) is 3. The summed E-state index contributed by atoms with van der Waals surface area (Å²) in [6, 6.07) is 11.3. The number of nitrogens with one attached hydrogen (secondary N) is 1. The highest BCUT2D eigenvalue weighted by Crippen LogP contribution is 2.30. The topological polar surface area (TPSA) is 66.5 Å². The van der Waals surface area contributed by atoms with Crippen LogP contribution in [0, 0.1) is 18.7 Å². The first-order valence-corrected chi connectivity index (χ1v) is 11.3. The molecule has 7 heteroatoms. The molecule has 0 bridgehead atoms. The van der Waals surface area contributed by atoms with E-state index in [0.29, 0.717) is 12.8 Å². The normalized spacial score (nSPS) is 16.2. The third-order valence-electron chi connectivity index (χ3n) is 5.45. The first-order valence-electron chi connectivity index (χ1n) is 9.87. The molecule has 1 heterocycles. The van der Waals surface area contributed by atoms with E-state index in [0.717, 1.165) is 22.9 Å². The Morgan fingerprint density at radius 3 is 2.38 bits per heavy atom. The molecular weight excluding hydrogens is 391 g/mol. The van der Waals surface area contributed by atoms with Crippen LogP contribution in [0.4, 0.5) is 10.1 Å². The van der Waals surface area contributed by atoms with Crippen LogP contribution in [0.25, 0.3) is 0 Å². The van der Waals surface area contributed by atoms with Gasteiger partial charge in [0.15, 0.2) is 0 Å². The molecule has 3 rings (SSSR count). The molecule has 1 N–H and O–H groups in total. The number of carbonyl (C=O) groups excluding carboxylic acids is 1. The summed E-state index contributed by atoms with van der Waals surface area (Å²) in [5, 5.41) is 3.06. The number of para-hydroxylation sites is 1. The number of nitrogens with zero attached hydrogens (tertiary/aromatic N) is 1. The van der Waals surface area contributed by atoms with Gasteiger partial charge in [-0.15, -0.1) is 0 Å². The smallest absolute Gasteiger partial charge is 0.245 e. The molecule has 29 heavy (non-hydrogen) atoms. The molecule has 0 saturated carbocycles. The fourth-order valence-electron chi connectivity index (χ4n) is 3.72. The van der Waals surface area contributed by atoms with Gasteiger partial charge in [0.2, 0.25) is 15.9 Å². The van der Waals surface area contributed by atoms with Crippen LogP contribution in [0.5, 0.6) is 0 Å². The average Bonchev–Trinajstić information content (AvgIpc) is 2.69. The molecule has 1 aliphatic heterocycles. The van der Waals surface area contributed by atoms with E-state index in [1.54, 1.807) is 0 Å². The highest BCUT2D eigenvalue weighted by molar-refractivity contribution is 7.89. The minimum atomic E-state index is -3.90. The van der Waals surface area contributed by atoms with E-state index in [1.807, 2.05) is 25.1 Å². The van der Waals surface area contributed by atoms with Gasteiger partial charge in [-0.05, 0) is 48.9 Å². The van der Waals surface area contributed by atoms with E-state index in [9.17, 15) is 17.6 Å². The number of amides is 1. The highest BCUT2D eigenvalue weighted by Gasteiger charge is 2.33. The van der Waals surface area contributed by atoms with E-state index in [2.05, 4.69) is 19.2 Å². The van der Waals surface area contributed by atoms with Crippen molar-refractivity contribution < 1.29 is 17.6 Å². The predicted molar refractivity (Wildman–Crippen MR) is 112 cm³/mol. The van der Waals surface area contributed by atoms with Crippen molar-refractivity contribution in [1.82, 2.24) is 4.31 Å². The van der Waals surface area contributed by atoms with Gasteiger partial charge in [-0.1, -0.05) is 44.2 Å². The van der Waals surface area contributed by atoms with E-state index in [-0.39, 0.29) is 35.7 Å². The van der Waals surface area contributed by atoms with Crippen LogP contribution >= 0.6 is 0 Å². The zero-order valence-electron chi connectivity index (χ0n) is 17.0. The molecule has 0 unspecified atom stereocenters. The van der Waals surface area contributed by atoms with E-state index in [1.165, 1.54) is 22.5 Å². The maximum absolute atomic E-state index is 14.0. The standard InChI is InChI=1S/C22H27FN2O3S/c1-15(2)18-8-6-7-16(3)21(18)24-22(26)17-11-13-25(14-12-17)29(27,28)20-10-5-4-9-19(20)23/h4-10,15,17H,11-14H2,1-3H3,(H,24,26). The second-order valence-corrected chi connectivity index (χ2v) is 9.70. The third-order valence-corrected chi connectivity index (χ3v) is 7.39. The number of anilines is 1. The van der Waals surface area contributed by atoms with Crippen molar-refractivity contribution in [1.29, 1.82) is 0 Å². The number of sulfonamides is 1. The molecule has 0 spiro atoms. The summed E-state index contributed by atoms with van der Waals surface area (Å²) >= 11 is 0. The van der Waals surface area contributed by atoms with Gasteiger partial charge in [0.1, 0.15) is 10.7 Å².